The van der Waals surface area contributed by atoms with Gasteiger partial charge in [-0.25, -0.2) is 0 Å². The van der Waals surface area contributed by atoms with Crippen LogP contribution in [0.15, 0.2) is 59.2 Å². The van der Waals surface area contributed by atoms with E-state index in [-0.39, 0.29) is 29.5 Å². The number of fused-ring (bicyclic) bond motifs is 1. The van der Waals surface area contributed by atoms with Gasteiger partial charge in [-0.15, -0.1) is 0 Å². The van der Waals surface area contributed by atoms with E-state index >= 15 is 0 Å². The fourth-order valence-corrected chi connectivity index (χ4v) is 3.53. The molecule has 4 rings (SSSR count). The molecule has 9 heteroatoms. The number of nitro groups is 1. The first-order valence-corrected chi connectivity index (χ1v) is 9.12. The predicted molar refractivity (Wildman–Crippen MR) is 108 cm³/mol. The Morgan fingerprint density at radius 3 is 2.53 bits per heavy atom. The second kappa shape index (κ2) is 7.78. The van der Waals surface area contributed by atoms with Crippen LogP contribution < -0.4 is 14.8 Å². The average Bonchev–Trinajstić information content (AvgIpc) is 3.27. The molecule has 0 radical (unpaired) electrons. The van der Waals surface area contributed by atoms with Gasteiger partial charge in [-0.3, -0.25) is 14.9 Å². The summed E-state index contributed by atoms with van der Waals surface area (Å²) >= 11 is 0. The zero-order chi connectivity index (χ0) is 21.3. The number of nitro benzene ring substituents is 1. The zero-order valence-corrected chi connectivity index (χ0v) is 16.3. The number of para-hydroxylation sites is 1. The lowest BCUT2D eigenvalue weighted by molar-refractivity contribution is -0.386. The van der Waals surface area contributed by atoms with E-state index in [0.29, 0.717) is 22.8 Å². The third-order valence-electron chi connectivity index (χ3n) is 4.95. The minimum Gasteiger partial charge on any atom is -0.493 e. The number of benzene rings is 2. The first kappa shape index (κ1) is 19.3. The molecule has 0 aliphatic carbocycles. The Kier molecular flexibility index (Phi) is 5.01. The van der Waals surface area contributed by atoms with Crippen molar-refractivity contribution in [3.63, 3.8) is 0 Å². The highest BCUT2D eigenvalue weighted by atomic mass is 16.6. The molecule has 2 aromatic carbocycles. The van der Waals surface area contributed by atoms with Gasteiger partial charge in [0, 0.05) is 5.69 Å². The van der Waals surface area contributed by atoms with Crippen LogP contribution in [-0.4, -0.2) is 29.9 Å². The lowest BCUT2D eigenvalue weighted by Crippen LogP contribution is -2.42. The van der Waals surface area contributed by atoms with Gasteiger partial charge >= 0.3 is 0 Å². The zero-order valence-electron chi connectivity index (χ0n) is 16.3. The second-order valence-electron chi connectivity index (χ2n) is 6.63. The molecular formula is C21H19N3O6. The van der Waals surface area contributed by atoms with Crippen molar-refractivity contribution >= 4 is 17.3 Å². The van der Waals surface area contributed by atoms with E-state index in [9.17, 15) is 14.9 Å². The maximum absolute atomic E-state index is 13.3. The molecule has 1 atom stereocenters. The number of hydrogen-bond acceptors (Lipinski definition) is 7. The number of methoxy groups -OCH3 is 2. The summed E-state index contributed by atoms with van der Waals surface area (Å²) in [6.45, 7) is 0.128. The minimum atomic E-state index is -0.822. The number of amides is 1. The molecule has 0 spiro atoms. The van der Waals surface area contributed by atoms with E-state index in [4.69, 9.17) is 13.9 Å². The standard InChI is InChI=1S/C21H19N3O6/c1-28-18-10-15(17(24(26)27)11-19(18)29-2)20-22-16-8-4-3-7-14(16)21(25)23(20)12-13-6-5-9-30-13/h3-11,20,22H,12H2,1-2H3/t20-/m0/s1. The summed E-state index contributed by atoms with van der Waals surface area (Å²) in [6, 6.07) is 13.3. The largest absolute Gasteiger partial charge is 0.493 e. The fourth-order valence-electron chi connectivity index (χ4n) is 3.53. The van der Waals surface area contributed by atoms with Crippen molar-refractivity contribution in [2.75, 3.05) is 19.5 Å². The molecule has 0 saturated carbocycles. The number of anilines is 1. The maximum Gasteiger partial charge on any atom is 0.280 e. The first-order chi connectivity index (χ1) is 14.5. The highest BCUT2D eigenvalue weighted by Crippen LogP contribution is 2.42. The Bertz CT molecular complexity index is 1100. The van der Waals surface area contributed by atoms with Gasteiger partial charge in [0.2, 0.25) is 0 Å². The number of ether oxygens (including phenoxy) is 2. The van der Waals surface area contributed by atoms with Crippen LogP contribution in [-0.2, 0) is 6.54 Å². The predicted octanol–water partition coefficient (Wildman–Crippen LogP) is 3.97. The van der Waals surface area contributed by atoms with Crippen LogP contribution >= 0.6 is 0 Å². The van der Waals surface area contributed by atoms with Crippen LogP contribution in [0.4, 0.5) is 11.4 Å². The number of carbonyl (C=O) groups is 1. The number of carbonyl (C=O) groups excluding carboxylic acids is 1. The summed E-state index contributed by atoms with van der Waals surface area (Å²) in [7, 11) is 2.85. The minimum absolute atomic E-state index is 0.128. The van der Waals surface area contributed by atoms with Crippen LogP contribution in [0.3, 0.4) is 0 Å². The van der Waals surface area contributed by atoms with E-state index < -0.39 is 11.1 Å². The summed E-state index contributed by atoms with van der Waals surface area (Å²) in [6.07, 6.45) is 0.691. The number of nitrogens with zero attached hydrogens (tertiary/aromatic N) is 2. The highest BCUT2D eigenvalue weighted by molar-refractivity contribution is 6.01. The highest BCUT2D eigenvalue weighted by Gasteiger charge is 2.37. The Morgan fingerprint density at radius 2 is 1.87 bits per heavy atom. The molecule has 0 unspecified atom stereocenters. The molecule has 1 aliphatic rings. The average molecular weight is 409 g/mol. The lowest BCUT2D eigenvalue weighted by Gasteiger charge is -2.37. The molecule has 2 heterocycles. The van der Waals surface area contributed by atoms with Crippen molar-refractivity contribution in [2.24, 2.45) is 0 Å². The van der Waals surface area contributed by atoms with E-state index in [1.54, 1.807) is 36.4 Å². The van der Waals surface area contributed by atoms with Crippen molar-refractivity contribution in [3.05, 3.63) is 81.8 Å². The summed E-state index contributed by atoms with van der Waals surface area (Å²) in [5, 5.41) is 15.1. The molecule has 0 fully saturated rings. The smallest absolute Gasteiger partial charge is 0.280 e. The van der Waals surface area contributed by atoms with Gasteiger partial charge in [-0.2, -0.15) is 0 Å². The molecule has 1 amide bonds. The van der Waals surface area contributed by atoms with Gasteiger partial charge in [0.25, 0.3) is 11.6 Å². The molecule has 154 valence electrons. The molecule has 1 N–H and O–H groups in total. The van der Waals surface area contributed by atoms with Gasteiger partial charge in [0.05, 0.1) is 49.1 Å². The van der Waals surface area contributed by atoms with Gasteiger partial charge in [-0.1, -0.05) is 12.1 Å². The topological polar surface area (TPSA) is 107 Å². The Balaban J connectivity index is 1.88. The van der Waals surface area contributed by atoms with Crippen molar-refractivity contribution in [2.45, 2.75) is 12.7 Å². The number of hydrogen-bond donors (Lipinski definition) is 1. The summed E-state index contributed by atoms with van der Waals surface area (Å²) in [5.74, 6) is 0.838. The lowest BCUT2D eigenvalue weighted by atomic mass is 10.0. The van der Waals surface area contributed by atoms with Crippen molar-refractivity contribution in [1.82, 2.24) is 4.90 Å². The molecule has 1 aromatic heterocycles. The Labute approximate surface area is 172 Å². The SMILES string of the molecule is COc1cc([C@H]2Nc3ccccc3C(=O)N2Cc2ccco2)c([N+](=O)[O-])cc1OC. The molecule has 3 aromatic rings. The van der Waals surface area contributed by atoms with Crippen LogP contribution in [0.1, 0.15) is 27.8 Å². The molecule has 1 aliphatic heterocycles. The van der Waals surface area contributed by atoms with Crippen molar-refractivity contribution < 1.29 is 23.6 Å². The van der Waals surface area contributed by atoms with E-state index in [1.807, 2.05) is 0 Å². The third-order valence-corrected chi connectivity index (χ3v) is 4.95. The Hall–Kier alpha value is -4.01. The van der Waals surface area contributed by atoms with Crippen LogP contribution in [0.2, 0.25) is 0 Å². The monoisotopic (exact) mass is 409 g/mol. The summed E-state index contributed by atoms with van der Waals surface area (Å²) in [5.41, 5.74) is 1.14. The maximum atomic E-state index is 13.3. The molecule has 9 nitrogen and oxygen atoms in total. The molecule has 0 bridgehead atoms. The van der Waals surface area contributed by atoms with E-state index in [1.165, 1.54) is 37.5 Å². The van der Waals surface area contributed by atoms with Gasteiger partial charge < -0.3 is 24.1 Å². The van der Waals surface area contributed by atoms with Gasteiger partial charge in [0.15, 0.2) is 11.5 Å². The van der Waals surface area contributed by atoms with Gasteiger partial charge in [0.1, 0.15) is 11.9 Å². The van der Waals surface area contributed by atoms with Crippen LogP contribution in [0.5, 0.6) is 11.5 Å². The normalized spacial score (nSPS) is 15.3. The van der Waals surface area contributed by atoms with E-state index in [2.05, 4.69) is 5.32 Å². The Morgan fingerprint density at radius 1 is 1.13 bits per heavy atom. The molecule has 0 saturated heterocycles. The summed E-state index contributed by atoms with van der Waals surface area (Å²) in [4.78, 5) is 26.1. The van der Waals surface area contributed by atoms with Crippen LogP contribution in [0, 0.1) is 10.1 Å². The third kappa shape index (κ3) is 3.30. The summed E-state index contributed by atoms with van der Waals surface area (Å²) < 4.78 is 16.0. The number of rotatable bonds is 6. The van der Waals surface area contributed by atoms with E-state index in [0.717, 1.165) is 0 Å². The van der Waals surface area contributed by atoms with Crippen LogP contribution in [0.25, 0.3) is 0 Å². The molecule has 30 heavy (non-hydrogen) atoms. The first-order valence-electron chi connectivity index (χ1n) is 9.12. The quantitative estimate of drug-likeness (QED) is 0.485. The van der Waals surface area contributed by atoms with Gasteiger partial charge in [-0.05, 0) is 30.3 Å². The second-order valence-corrected chi connectivity index (χ2v) is 6.63. The van der Waals surface area contributed by atoms with Crippen molar-refractivity contribution in [1.29, 1.82) is 0 Å². The van der Waals surface area contributed by atoms with Crippen molar-refractivity contribution in [3.8, 4) is 11.5 Å². The number of furan rings is 1. The molecular weight excluding hydrogens is 390 g/mol. The fraction of sp³-hybridized carbons (Fsp3) is 0.190. The number of nitrogens with one attached hydrogen (secondary N) is 1.